The van der Waals surface area contributed by atoms with Crippen LogP contribution in [0.3, 0.4) is 0 Å². The number of carbonyl (C=O) groups excluding carboxylic acids is 1. The van der Waals surface area contributed by atoms with E-state index in [9.17, 15) is 0 Å². The minimum Gasteiger partial charge on any atom is -0.545 e. The van der Waals surface area contributed by atoms with E-state index in [1.807, 2.05) is 6.07 Å². The maximum absolute atomic E-state index is 7.75. The summed E-state index contributed by atoms with van der Waals surface area (Å²) in [6.07, 6.45) is 0.956. The zero-order valence-corrected chi connectivity index (χ0v) is 17.1. The molecule has 1 aliphatic heterocycles. The van der Waals surface area contributed by atoms with Gasteiger partial charge in [-0.2, -0.15) is 4.57 Å². The van der Waals surface area contributed by atoms with Gasteiger partial charge < -0.3 is 9.69 Å². The first-order valence-electron chi connectivity index (χ1n) is 7.03. The Balaban J connectivity index is 0.000000849. The van der Waals surface area contributed by atoms with Crippen LogP contribution in [0.15, 0.2) is 30.3 Å². The van der Waals surface area contributed by atoms with Crippen LogP contribution in [0, 0.1) is 13.0 Å². The molecule has 0 radical (unpaired) electrons. The molecule has 8 heteroatoms. The molecule has 0 N–H and O–H groups in total. The van der Waals surface area contributed by atoms with E-state index in [0.717, 1.165) is 25.3 Å². The van der Waals surface area contributed by atoms with Crippen LogP contribution >= 0.6 is 9.39 Å². The topological polar surface area (TPSA) is 63.9 Å². The summed E-state index contributed by atoms with van der Waals surface area (Å²) in [6.45, 7) is 7.36. The van der Waals surface area contributed by atoms with E-state index in [1.165, 1.54) is 10.1 Å². The van der Waals surface area contributed by atoms with Gasteiger partial charge in [0, 0.05) is 9.39 Å². The van der Waals surface area contributed by atoms with Crippen LogP contribution in [0.25, 0.3) is 0 Å². The number of nitrogens with zero attached hydrogens (tertiary/aromatic N) is 5. The molecule has 0 bridgehead atoms. The summed E-state index contributed by atoms with van der Waals surface area (Å²) in [5.41, 5.74) is 1.09. The van der Waals surface area contributed by atoms with Crippen molar-refractivity contribution >= 4 is 16.2 Å². The van der Waals surface area contributed by atoms with Gasteiger partial charge in [-0.1, -0.05) is 37.3 Å². The molecule has 3 unspecified atom stereocenters. The first-order chi connectivity index (χ1) is 10.6. The number of hydrogen-bond donors (Lipinski definition) is 0. The molecule has 0 aliphatic carbocycles. The molecule has 0 saturated carbocycles. The molecule has 1 saturated heterocycles. The van der Waals surface area contributed by atoms with Crippen molar-refractivity contribution < 1.29 is 25.9 Å². The van der Waals surface area contributed by atoms with Crippen LogP contribution in [0.5, 0.6) is 0 Å². The van der Waals surface area contributed by atoms with Crippen molar-refractivity contribution in [2.75, 3.05) is 13.1 Å². The SMILES string of the molecule is [CH-]=O.[CH2-]N1CCC(c2ccccc2)(c2nnn(P)n2)C(C)C1.[W+2]. The van der Waals surface area contributed by atoms with E-state index < -0.39 is 0 Å². The second kappa shape index (κ2) is 8.77. The first-order valence-corrected chi connectivity index (χ1v) is 7.54. The van der Waals surface area contributed by atoms with Gasteiger partial charge in [0.2, 0.25) is 0 Å². The minimum absolute atomic E-state index is 0. The Morgan fingerprint density at radius 3 is 2.52 bits per heavy atom. The van der Waals surface area contributed by atoms with Crippen molar-refractivity contribution in [3.63, 3.8) is 0 Å². The second-order valence-corrected chi connectivity index (χ2v) is 5.96. The third kappa shape index (κ3) is 3.93. The van der Waals surface area contributed by atoms with Crippen molar-refractivity contribution in [2.45, 2.75) is 18.8 Å². The third-order valence-corrected chi connectivity index (χ3v) is 4.53. The molecule has 0 amide bonds. The fourth-order valence-electron chi connectivity index (χ4n) is 3.24. The van der Waals surface area contributed by atoms with Crippen LogP contribution in [-0.4, -0.2) is 44.8 Å². The summed E-state index contributed by atoms with van der Waals surface area (Å²) in [5.74, 6) is 1.18. The van der Waals surface area contributed by atoms with E-state index in [0.29, 0.717) is 5.92 Å². The van der Waals surface area contributed by atoms with Crippen LogP contribution in [0.2, 0.25) is 0 Å². The van der Waals surface area contributed by atoms with Gasteiger partial charge in [0.25, 0.3) is 0 Å². The van der Waals surface area contributed by atoms with E-state index in [-0.39, 0.29) is 26.5 Å². The number of rotatable bonds is 2. The monoisotopic (exact) mass is 501 g/mol. The Morgan fingerprint density at radius 1 is 1.35 bits per heavy atom. The summed E-state index contributed by atoms with van der Waals surface area (Å²) >= 11 is 0. The maximum Gasteiger partial charge on any atom is 2.00 e. The fourth-order valence-corrected chi connectivity index (χ4v) is 3.41. The van der Waals surface area contributed by atoms with Gasteiger partial charge >= 0.3 is 21.1 Å². The van der Waals surface area contributed by atoms with Crippen molar-refractivity contribution in [1.29, 1.82) is 0 Å². The average Bonchev–Trinajstić information content (AvgIpc) is 2.97. The summed E-state index contributed by atoms with van der Waals surface area (Å²) in [5, 5.41) is 12.8. The number of tetrazole rings is 1. The van der Waals surface area contributed by atoms with Gasteiger partial charge in [-0.25, -0.2) is 0 Å². The summed E-state index contributed by atoms with van der Waals surface area (Å²) in [7, 11) is 6.52. The molecule has 1 aromatic carbocycles. The van der Waals surface area contributed by atoms with Crippen LogP contribution in [0.4, 0.5) is 0 Å². The molecule has 0 spiro atoms. The Morgan fingerprint density at radius 2 is 2.00 bits per heavy atom. The van der Waals surface area contributed by atoms with Gasteiger partial charge in [-0.3, -0.25) is 13.8 Å². The quantitative estimate of drug-likeness (QED) is 0.355. The van der Waals surface area contributed by atoms with E-state index >= 15 is 0 Å². The van der Waals surface area contributed by atoms with Gasteiger partial charge in [-0.15, -0.1) is 10.2 Å². The maximum atomic E-state index is 7.75. The number of likely N-dealkylation sites (tertiary alicyclic amines) is 1. The molecule has 3 rings (SSSR count). The number of aromatic nitrogens is 4. The average molecular weight is 501 g/mol. The second-order valence-electron chi connectivity index (χ2n) is 5.50. The predicted molar refractivity (Wildman–Crippen MR) is 87.6 cm³/mol. The normalized spacial score (nSPS) is 24.2. The zero-order chi connectivity index (χ0) is 16.2. The van der Waals surface area contributed by atoms with E-state index in [2.05, 4.69) is 74.7 Å². The summed E-state index contributed by atoms with van der Waals surface area (Å²) < 4.78 is 1.46. The molecule has 3 atom stereocenters. The van der Waals surface area contributed by atoms with Gasteiger partial charge in [-0.05, 0) is 36.2 Å². The molecule has 23 heavy (non-hydrogen) atoms. The zero-order valence-electron chi connectivity index (χ0n) is 13.0. The molecular formula is C15H20N5OPW. The van der Waals surface area contributed by atoms with E-state index in [4.69, 9.17) is 4.79 Å². The Labute approximate surface area is 153 Å². The number of hydrogen-bond acceptors (Lipinski definition) is 5. The number of piperidine rings is 1. The molecule has 2 aromatic rings. The van der Waals surface area contributed by atoms with Gasteiger partial charge in [0.05, 0.1) is 5.41 Å². The molecular weight excluding hydrogens is 481 g/mol. The first kappa shape index (κ1) is 20.1. The van der Waals surface area contributed by atoms with Crippen molar-refractivity contribution in [1.82, 2.24) is 24.9 Å². The van der Waals surface area contributed by atoms with Crippen LogP contribution < -0.4 is 0 Å². The minimum atomic E-state index is -0.176. The predicted octanol–water partition coefficient (Wildman–Crippen LogP) is 1.45. The van der Waals surface area contributed by atoms with Crippen molar-refractivity contribution in [3.8, 4) is 0 Å². The molecule has 122 valence electrons. The third-order valence-electron chi connectivity index (χ3n) is 4.31. The Hall–Kier alpha value is -0.962. The standard InChI is InChI=1S/C14H19N5P.CHO.W/c1-11-10-18(2)9-8-14(11,12-6-4-3-5-7-12)13-15-17-19(20)16-13;1-2;/h3-7,11H,2,8-10,20H2,1H3;1H;/q2*-1;+2. The van der Waals surface area contributed by atoms with E-state index in [1.54, 1.807) is 0 Å². The summed E-state index contributed by atoms with van der Waals surface area (Å²) in [4.78, 5) is 9.87. The van der Waals surface area contributed by atoms with Gasteiger partial charge in [0.1, 0.15) is 0 Å². The molecule has 1 fully saturated rings. The molecule has 2 heterocycles. The smallest absolute Gasteiger partial charge is 0.545 e. The van der Waals surface area contributed by atoms with Gasteiger partial charge in [0.15, 0.2) is 5.82 Å². The molecule has 1 aliphatic rings. The fraction of sp³-hybridized carbons (Fsp3) is 0.400. The molecule has 6 nitrogen and oxygen atoms in total. The molecule has 1 aromatic heterocycles. The van der Waals surface area contributed by atoms with Crippen molar-refractivity contribution in [3.05, 3.63) is 48.8 Å². The Bertz CT molecular complexity index is 611. The van der Waals surface area contributed by atoms with Crippen molar-refractivity contribution in [2.24, 2.45) is 5.92 Å². The van der Waals surface area contributed by atoms with Crippen LogP contribution in [-0.2, 0) is 31.3 Å². The largest absolute Gasteiger partial charge is 2.00 e. The number of benzene rings is 1. The summed E-state index contributed by atoms with van der Waals surface area (Å²) in [6, 6.07) is 10.5. The Kier molecular flexibility index (Phi) is 7.66. The van der Waals surface area contributed by atoms with Crippen LogP contribution in [0.1, 0.15) is 24.7 Å².